The summed E-state index contributed by atoms with van der Waals surface area (Å²) in [5, 5.41) is 8.21. The molecule has 5 nitrogen and oxygen atoms in total. The molecule has 0 bridgehead atoms. The van der Waals surface area contributed by atoms with Gasteiger partial charge in [-0.05, 0) is 75.2 Å². The molecule has 0 spiro atoms. The second kappa shape index (κ2) is 11.2. The highest BCUT2D eigenvalue weighted by Crippen LogP contribution is 2.18. The monoisotopic (exact) mass is 416 g/mol. The third-order valence-corrected chi connectivity index (χ3v) is 5.34. The van der Waals surface area contributed by atoms with Crippen LogP contribution in [-0.4, -0.2) is 36.4 Å². The predicted molar refractivity (Wildman–Crippen MR) is 132 cm³/mol. The summed E-state index contributed by atoms with van der Waals surface area (Å²) in [5.74, 6) is 0.980. The van der Waals surface area contributed by atoms with Gasteiger partial charge in [0.25, 0.3) is 0 Å². The largest absolute Gasteiger partial charge is 0.417 e. The van der Waals surface area contributed by atoms with Crippen LogP contribution in [0.4, 0.5) is 11.4 Å². The van der Waals surface area contributed by atoms with Gasteiger partial charge in [-0.2, -0.15) is 0 Å². The Labute approximate surface area is 185 Å². The minimum Gasteiger partial charge on any atom is -0.417 e. The molecule has 0 atom stereocenters. The number of benzene rings is 2. The van der Waals surface area contributed by atoms with Crippen molar-refractivity contribution in [3.05, 3.63) is 71.4 Å². The van der Waals surface area contributed by atoms with Crippen LogP contribution < -0.4 is 9.80 Å². The van der Waals surface area contributed by atoms with E-state index in [1.165, 1.54) is 11.4 Å². The first-order valence-electron chi connectivity index (χ1n) is 11.1. The van der Waals surface area contributed by atoms with E-state index in [2.05, 4.69) is 96.2 Å². The highest BCUT2D eigenvalue weighted by Gasteiger charge is 2.03. The quantitative estimate of drug-likeness (QED) is 0.399. The normalized spacial score (nSPS) is 11.5. The van der Waals surface area contributed by atoms with Crippen molar-refractivity contribution in [3.63, 3.8) is 0 Å². The third-order valence-electron chi connectivity index (χ3n) is 5.34. The molecule has 0 aliphatic carbocycles. The van der Waals surface area contributed by atoms with Gasteiger partial charge in [0.15, 0.2) is 0 Å². The molecule has 0 radical (unpaired) electrons. The minimum atomic E-state index is 0.490. The van der Waals surface area contributed by atoms with Gasteiger partial charge >= 0.3 is 0 Å². The van der Waals surface area contributed by atoms with E-state index < -0.39 is 0 Å². The number of anilines is 2. The molecule has 0 fully saturated rings. The summed E-state index contributed by atoms with van der Waals surface area (Å²) in [7, 11) is 0. The Morgan fingerprint density at radius 3 is 1.26 bits per heavy atom. The maximum absolute atomic E-state index is 5.71. The van der Waals surface area contributed by atoms with Crippen LogP contribution in [0, 0.1) is 0 Å². The first-order valence-corrected chi connectivity index (χ1v) is 11.1. The van der Waals surface area contributed by atoms with Crippen molar-refractivity contribution in [1.29, 1.82) is 0 Å². The molecular weight excluding hydrogens is 384 g/mol. The lowest BCUT2D eigenvalue weighted by atomic mass is 10.2. The van der Waals surface area contributed by atoms with E-state index >= 15 is 0 Å². The molecule has 5 heteroatoms. The molecule has 3 rings (SSSR count). The zero-order valence-corrected chi connectivity index (χ0v) is 19.0. The number of nitrogens with zero attached hydrogens (tertiary/aromatic N) is 4. The van der Waals surface area contributed by atoms with E-state index in [-0.39, 0.29) is 0 Å². The van der Waals surface area contributed by atoms with E-state index in [4.69, 9.17) is 4.42 Å². The Morgan fingerprint density at radius 2 is 0.935 bits per heavy atom. The second-order valence-corrected chi connectivity index (χ2v) is 7.17. The minimum absolute atomic E-state index is 0.490. The Hall–Kier alpha value is -3.34. The molecule has 0 N–H and O–H groups in total. The molecule has 1 aromatic heterocycles. The topological polar surface area (TPSA) is 45.4 Å². The third kappa shape index (κ3) is 6.07. The summed E-state index contributed by atoms with van der Waals surface area (Å²) in [6.07, 6.45) is 7.66. The summed E-state index contributed by atoms with van der Waals surface area (Å²) < 4.78 is 5.71. The van der Waals surface area contributed by atoms with Crippen LogP contribution in [0.2, 0.25) is 0 Å². The first kappa shape index (κ1) is 22.3. The molecule has 31 heavy (non-hydrogen) atoms. The summed E-state index contributed by atoms with van der Waals surface area (Å²) in [5.41, 5.74) is 4.66. The molecule has 162 valence electrons. The standard InChI is InChI=1S/C26H32N4O/c1-5-29(6-2)23-15-9-21(10-16-23)13-19-25-27-28-26(31-25)20-14-22-11-17-24(18-12-22)30(7-3)8-4/h9-20H,5-8H2,1-4H3. The zero-order chi connectivity index (χ0) is 22.1. The lowest BCUT2D eigenvalue weighted by Crippen LogP contribution is -2.21. The molecule has 0 aliphatic rings. The Kier molecular flexibility index (Phi) is 8.05. The van der Waals surface area contributed by atoms with Crippen molar-refractivity contribution in [2.24, 2.45) is 0 Å². The molecule has 0 unspecified atom stereocenters. The van der Waals surface area contributed by atoms with Gasteiger partial charge < -0.3 is 14.2 Å². The van der Waals surface area contributed by atoms with Crippen LogP contribution in [0.5, 0.6) is 0 Å². The van der Waals surface area contributed by atoms with Gasteiger partial charge in [0, 0.05) is 49.7 Å². The molecular formula is C26H32N4O. The molecule has 0 saturated carbocycles. The van der Waals surface area contributed by atoms with E-state index in [1.54, 1.807) is 0 Å². The molecule has 0 aliphatic heterocycles. The van der Waals surface area contributed by atoms with E-state index in [0.717, 1.165) is 37.3 Å². The van der Waals surface area contributed by atoms with Gasteiger partial charge in [-0.3, -0.25) is 0 Å². The van der Waals surface area contributed by atoms with Crippen LogP contribution in [0.15, 0.2) is 52.9 Å². The van der Waals surface area contributed by atoms with Gasteiger partial charge in [0.1, 0.15) is 0 Å². The Morgan fingerprint density at radius 1 is 0.581 bits per heavy atom. The average Bonchev–Trinajstić information content (AvgIpc) is 3.27. The lowest BCUT2D eigenvalue weighted by Gasteiger charge is -2.20. The van der Waals surface area contributed by atoms with Gasteiger partial charge in [-0.25, -0.2) is 0 Å². The fraction of sp³-hybridized carbons (Fsp3) is 0.308. The van der Waals surface area contributed by atoms with E-state index in [0.29, 0.717) is 11.8 Å². The molecule has 2 aromatic carbocycles. The van der Waals surface area contributed by atoms with Crippen molar-refractivity contribution in [2.75, 3.05) is 36.0 Å². The van der Waals surface area contributed by atoms with Gasteiger partial charge in [0.2, 0.25) is 11.8 Å². The highest BCUT2D eigenvalue weighted by atomic mass is 16.4. The number of aromatic nitrogens is 2. The SMILES string of the molecule is CCN(CC)c1ccc(C=Cc2nnc(C=Cc3ccc(N(CC)CC)cc3)o2)cc1. The van der Waals surface area contributed by atoms with Crippen molar-refractivity contribution in [1.82, 2.24) is 10.2 Å². The molecule has 1 heterocycles. The number of rotatable bonds is 10. The summed E-state index contributed by atoms with van der Waals surface area (Å²) in [6, 6.07) is 17.0. The summed E-state index contributed by atoms with van der Waals surface area (Å²) in [4.78, 5) is 4.64. The Balaban J connectivity index is 1.61. The van der Waals surface area contributed by atoms with Crippen LogP contribution in [-0.2, 0) is 0 Å². The van der Waals surface area contributed by atoms with Crippen LogP contribution in [0.1, 0.15) is 50.6 Å². The molecule has 3 aromatic rings. The molecule has 0 amide bonds. The molecule has 0 saturated heterocycles. The summed E-state index contributed by atoms with van der Waals surface area (Å²) in [6.45, 7) is 12.7. The predicted octanol–water partition coefficient (Wildman–Crippen LogP) is 6.10. The van der Waals surface area contributed by atoms with Crippen LogP contribution >= 0.6 is 0 Å². The van der Waals surface area contributed by atoms with Gasteiger partial charge in [-0.1, -0.05) is 24.3 Å². The number of hydrogen-bond donors (Lipinski definition) is 0. The van der Waals surface area contributed by atoms with Crippen molar-refractivity contribution >= 4 is 35.7 Å². The van der Waals surface area contributed by atoms with Gasteiger partial charge in [-0.15, -0.1) is 10.2 Å². The van der Waals surface area contributed by atoms with Crippen molar-refractivity contribution in [3.8, 4) is 0 Å². The average molecular weight is 417 g/mol. The lowest BCUT2D eigenvalue weighted by molar-refractivity contribution is 0.533. The summed E-state index contributed by atoms with van der Waals surface area (Å²) >= 11 is 0. The highest BCUT2D eigenvalue weighted by molar-refractivity contribution is 5.69. The second-order valence-electron chi connectivity index (χ2n) is 7.17. The zero-order valence-electron chi connectivity index (χ0n) is 19.0. The number of hydrogen-bond acceptors (Lipinski definition) is 5. The van der Waals surface area contributed by atoms with Crippen LogP contribution in [0.3, 0.4) is 0 Å². The maximum Gasteiger partial charge on any atom is 0.240 e. The van der Waals surface area contributed by atoms with E-state index in [1.807, 2.05) is 24.3 Å². The fourth-order valence-electron chi connectivity index (χ4n) is 3.49. The Bertz CT molecular complexity index is 899. The fourth-order valence-corrected chi connectivity index (χ4v) is 3.49. The van der Waals surface area contributed by atoms with Gasteiger partial charge in [0.05, 0.1) is 0 Å². The first-order chi connectivity index (χ1) is 15.2. The van der Waals surface area contributed by atoms with Crippen molar-refractivity contribution < 1.29 is 4.42 Å². The smallest absolute Gasteiger partial charge is 0.240 e. The maximum atomic E-state index is 5.71. The van der Waals surface area contributed by atoms with E-state index in [9.17, 15) is 0 Å². The van der Waals surface area contributed by atoms with Crippen LogP contribution in [0.25, 0.3) is 24.3 Å². The van der Waals surface area contributed by atoms with Crippen molar-refractivity contribution in [2.45, 2.75) is 27.7 Å².